The molecule has 8 nitrogen and oxygen atoms in total. The van der Waals surface area contributed by atoms with Gasteiger partial charge in [0.15, 0.2) is 11.5 Å². The molecule has 1 fully saturated rings. The number of carbonyl (C=O) groups is 3. The molecular weight excluding hydrogens is 350 g/mol. The highest BCUT2D eigenvalue weighted by Gasteiger charge is 2.37. The van der Waals surface area contributed by atoms with Crippen molar-refractivity contribution in [3.05, 3.63) is 22.6 Å². The van der Waals surface area contributed by atoms with E-state index in [0.29, 0.717) is 22.8 Å². The van der Waals surface area contributed by atoms with E-state index in [2.05, 4.69) is 0 Å². The predicted molar refractivity (Wildman–Crippen MR) is 88.4 cm³/mol. The molecule has 0 unspecified atom stereocenters. The van der Waals surface area contributed by atoms with Gasteiger partial charge in [0.2, 0.25) is 6.79 Å². The van der Waals surface area contributed by atoms with Gasteiger partial charge in [0.1, 0.15) is 12.3 Å². The molecular formula is C16H15NO7S. The van der Waals surface area contributed by atoms with Crippen LogP contribution in [0.3, 0.4) is 0 Å². The van der Waals surface area contributed by atoms with Gasteiger partial charge in [-0.05, 0) is 30.8 Å². The summed E-state index contributed by atoms with van der Waals surface area (Å²) in [6, 6.07) is 3.32. The number of carbonyl (C=O) groups excluding carboxylic acids is 3. The van der Waals surface area contributed by atoms with Crippen molar-refractivity contribution in [2.75, 3.05) is 27.1 Å². The van der Waals surface area contributed by atoms with Gasteiger partial charge in [0, 0.05) is 11.6 Å². The summed E-state index contributed by atoms with van der Waals surface area (Å²) in [6.45, 7) is 1.53. The molecule has 1 saturated heterocycles. The maximum absolute atomic E-state index is 12.4. The smallest absolute Gasteiger partial charge is 0.326 e. The molecule has 3 rings (SSSR count). The zero-order valence-electron chi connectivity index (χ0n) is 13.6. The monoisotopic (exact) mass is 365 g/mol. The highest BCUT2D eigenvalue weighted by atomic mass is 32.2. The summed E-state index contributed by atoms with van der Waals surface area (Å²) in [7, 11) is 1.49. The first kappa shape index (κ1) is 17.2. The lowest BCUT2D eigenvalue weighted by Gasteiger charge is -2.11. The molecule has 2 heterocycles. The van der Waals surface area contributed by atoms with E-state index in [1.807, 2.05) is 0 Å². The van der Waals surface area contributed by atoms with Crippen LogP contribution in [-0.4, -0.2) is 49.1 Å². The standard InChI is InChI=1S/C16H15NO7S/c1-3-22-14(18)7-17-15(19)13(25-16(17)20)5-9-4-11-12(24-8-23-11)6-10(9)21-2/h4-6H,3,7-8H2,1-2H3/b13-5+. The number of thioether (sulfide) groups is 1. The number of methoxy groups -OCH3 is 1. The number of imide groups is 1. The van der Waals surface area contributed by atoms with Crippen LogP contribution >= 0.6 is 11.8 Å². The Morgan fingerprint density at radius 3 is 2.72 bits per heavy atom. The molecule has 1 aromatic rings. The highest BCUT2D eigenvalue weighted by Crippen LogP contribution is 2.40. The van der Waals surface area contributed by atoms with Crippen LogP contribution in [0.4, 0.5) is 4.79 Å². The average molecular weight is 365 g/mol. The van der Waals surface area contributed by atoms with E-state index in [0.717, 1.165) is 16.7 Å². The molecule has 2 aliphatic rings. The number of ether oxygens (including phenoxy) is 4. The first-order valence-corrected chi connectivity index (χ1v) is 8.23. The van der Waals surface area contributed by atoms with E-state index in [4.69, 9.17) is 18.9 Å². The van der Waals surface area contributed by atoms with Gasteiger partial charge in [-0.1, -0.05) is 0 Å². The van der Waals surface area contributed by atoms with E-state index in [9.17, 15) is 14.4 Å². The Bertz CT molecular complexity index is 774. The van der Waals surface area contributed by atoms with Gasteiger partial charge in [0.05, 0.1) is 18.6 Å². The first-order chi connectivity index (χ1) is 12.0. The summed E-state index contributed by atoms with van der Waals surface area (Å²) in [5.74, 6) is 0.359. The zero-order chi connectivity index (χ0) is 18.0. The molecule has 1 aromatic carbocycles. The fourth-order valence-corrected chi connectivity index (χ4v) is 3.17. The summed E-state index contributed by atoms with van der Waals surface area (Å²) in [6.07, 6.45) is 1.52. The molecule has 0 radical (unpaired) electrons. The normalized spacial score (nSPS) is 17.4. The van der Waals surface area contributed by atoms with Gasteiger partial charge >= 0.3 is 5.97 Å². The van der Waals surface area contributed by atoms with Crippen molar-refractivity contribution in [2.24, 2.45) is 0 Å². The number of hydrogen-bond donors (Lipinski definition) is 0. The van der Waals surface area contributed by atoms with Crippen molar-refractivity contribution in [3.63, 3.8) is 0 Å². The summed E-state index contributed by atoms with van der Waals surface area (Å²) >= 11 is 0.752. The van der Waals surface area contributed by atoms with Gasteiger partial charge in [-0.2, -0.15) is 0 Å². The van der Waals surface area contributed by atoms with Crippen molar-refractivity contribution in [2.45, 2.75) is 6.92 Å². The zero-order valence-corrected chi connectivity index (χ0v) is 14.4. The van der Waals surface area contributed by atoms with E-state index in [1.54, 1.807) is 19.1 Å². The maximum Gasteiger partial charge on any atom is 0.326 e. The summed E-state index contributed by atoms with van der Waals surface area (Å²) in [5.41, 5.74) is 0.563. The van der Waals surface area contributed by atoms with Crippen molar-refractivity contribution in [3.8, 4) is 17.2 Å². The Morgan fingerprint density at radius 2 is 2.04 bits per heavy atom. The lowest BCUT2D eigenvalue weighted by atomic mass is 10.1. The van der Waals surface area contributed by atoms with Gasteiger partial charge in [-0.25, -0.2) is 0 Å². The number of hydrogen-bond acceptors (Lipinski definition) is 8. The minimum Gasteiger partial charge on any atom is -0.496 e. The quantitative estimate of drug-likeness (QED) is 0.578. The van der Waals surface area contributed by atoms with E-state index < -0.39 is 23.7 Å². The SMILES string of the molecule is CCOC(=O)CN1C(=O)S/C(=C/c2cc3c(cc2OC)OCO3)C1=O. The van der Waals surface area contributed by atoms with Crippen molar-refractivity contribution in [1.29, 1.82) is 0 Å². The maximum atomic E-state index is 12.4. The van der Waals surface area contributed by atoms with Crippen LogP contribution in [0.15, 0.2) is 17.0 Å². The van der Waals surface area contributed by atoms with E-state index in [1.165, 1.54) is 13.2 Å². The Labute approximate surface area is 147 Å². The van der Waals surface area contributed by atoms with Crippen molar-refractivity contribution in [1.82, 2.24) is 4.90 Å². The molecule has 9 heteroatoms. The number of esters is 1. The predicted octanol–water partition coefficient (Wildman–Crippen LogP) is 2.02. The Hall–Kier alpha value is -2.68. The molecule has 2 amide bonds. The fraction of sp³-hybridized carbons (Fsp3) is 0.312. The van der Waals surface area contributed by atoms with E-state index >= 15 is 0 Å². The second kappa shape index (κ2) is 7.06. The lowest BCUT2D eigenvalue weighted by Crippen LogP contribution is -2.34. The first-order valence-electron chi connectivity index (χ1n) is 7.42. The number of amides is 2. The largest absolute Gasteiger partial charge is 0.496 e. The average Bonchev–Trinajstić information content (AvgIpc) is 3.14. The minimum atomic E-state index is -0.633. The van der Waals surface area contributed by atoms with Gasteiger partial charge in [-0.3, -0.25) is 19.3 Å². The molecule has 0 spiro atoms. The molecule has 0 aliphatic carbocycles. The third kappa shape index (κ3) is 3.41. The summed E-state index contributed by atoms with van der Waals surface area (Å²) in [5, 5.41) is -0.524. The Balaban J connectivity index is 1.86. The second-order valence-electron chi connectivity index (χ2n) is 5.02. The second-order valence-corrected chi connectivity index (χ2v) is 6.01. The molecule has 0 saturated carbocycles. The van der Waals surface area contributed by atoms with Crippen LogP contribution in [0.2, 0.25) is 0 Å². The van der Waals surface area contributed by atoms with Crippen LogP contribution in [-0.2, 0) is 14.3 Å². The molecule has 2 aliphatic heterocycles. The fourth-order valence-electron chi connectivity index (χ4n) is 2.34. The lowest BCUT2D eigenvalue weighted by molar-refractivity contribution is -0.145. The van der Waals surface area contributed by atoms with Crippen LogP contribution in [0, 0.1) is 0 Å². The number of benzene rings is 1. The van der Waals surface area contributed by atoms with E-state index in [-0.39, 0.29) is 18.3 Å². The number of nitrogens with zero attached hydrogens (tertiary/aromatic N) is 1. The van der Waals surface area contributed by atoms with Crippen LogP contribution in [0.5, 0.6) is 17.2 Å². The minimum absolute atomic E-state index is 0.109. The van der Waals surface area contributed by atoms with Crippen molar-refractivity contribution >= 4 is 35.0 Å². The molecule has 0 N–H and O–H groups in total. The summed E-state index contributed by atoms with van der Waals surface area (Å²) in [4.78, 5) is 37.0. The molecule has 25 heavy (non-hydrogen) atoms. The van der Waals surface area contributed by atoms with Crippen LogP contribution in [0.1, 0.15) is 12.5 Å². The van der Waals surface area contributed by atoms with Gasteiger partial charge in [0.25, 0.3) is 11.1 Å². The highest BCUT2D eigenvalue weighted by molar-refractivity contribution is 8.18. The van der Waals surface area contributed by atoms with Crippen molar-refractivity contribution < 1.29 is 33.3 Å². The van der Waals surface area contributed by atoms with Gasteiger partial charge < -0.3 is 18.9 Å². The Morgan fingerprint density at radius 1 is 1.32 bits per heavy atom. The molecule has 132 valence electrons. The van der Waals surface area contributed by atoms with Crippen LogP contribution < -0.4 is 14.2 Å². The summed E-state index contributed by atoms with van der Waals surface area (Å²) < 4.78 is 20.7. The third-order valence-corrected chi connectivity index (χ3v) is 4.39. The molecule has 0 aromatic heterocycles. The number of fused-ring (bicyclic) bond motifs is 1. The molecule has 0 bridgehead atoms. The molecule has 0 atom stereocenters. The Kier molecular flexibility index (Phi) is 4.84. The number of rotatable bonds is 5. The topological polar surface area (TPSA) is 91.4 Å². The van der Waals surface area contributed by atoms with Crippen LogP contribution in [0.25, 0.3) is 6.08 Å². The van der Waals surface area contributed by atoms with Gasteiger partial charge in [-0.15, -0.1) is 0 Å². The third-order valence-electron chi connectivity index (χ3n) is 3.48.